The first-order valence-electron chi connectivity index (χ1n) is 12.2. The highest BCUT2D eigenvalue weighted by atomic mass is 31.2. The van der Waals surface area contributed by atoms with Gasteiger partial charge in [0.15, 0.2) is 11.5 Å². The maximum Gasteiger partial charge on any atom is 0.524 e. The van der Waals surface area contributed by atoms with Crippen molar-refractivity contribution < 1.29 is 57.0 Å². The third-order valence-corrected chi connectivity index (χ3v) is 6.96. The Morgan fingerprint density at radius 3 is 2.26 bits per heavy atom. The van der Waals surface area contributed by atoms with Crippen LogP contribution in [0.3, 0.4) is 0 Å². The lowest BCUT2D eigenvalue weighted by atomic mass is 10.1. The highest BCUT2D eigenvalue weighted by molar-refractivity contribution is 7.49. The van der Waals surface area contributed by atoms with Crippen molar-refractivity contribution in [2.75, 3.05) is 26.3 Å². The number of phosphoric ester groups is 1. The lowest BCUT2D eigenvalue weighted by molar-refractivity contribution is -0.117. The Kier molecular flexibility index (Phi) is 9.60. The number of carbonyl (C=O) groups is 1. The van der Waals surface area contributed by atoms with Crippen LogP contribution >= 0.6 is 15.6 Å². The van der Waals surface area contributed by atoms with Crippen molar-refractivity contribution in [1.82, 2.24) is 5.09 Å². The number of rotatable bonds is 12. The molecule has 0 saturated heterocycles. The minimum Gasteiger partial charge on any atom is -0.495 e. The van der Waals surface area contributed by atoms with Crippen LogP contribution in [-0.2, 0) is 20.3 Å². The summed E-state index contributed by atoms with van der Waals surface area (Å²) in [5.74, 6) is 0.995. The molecule has 14 nitrogen and oxygen atoms in total. The molecule has 0 saturated carbocycles. The number of nitrogens with one attached hydrogen (secondary N) is 2. The molecule has 224 valence electrons. The third-order valence-electron chi connectivity index (χ3n) is 5.86. The van der Waals surface area contributed by atoms with Crippen LogP contribution < -0.4 is 33.9 Å². The molecule has 16 heteroatoms. The van der Waals surface area contributed by atoms with Crippen LogP contribution in [0.5, 0.6) is 28.7 Å². The minimum absolute atomic E-state index is 0.0919. The van der Waals surface area contributed by atoms with E-state index in [0.717, 1.165) is 5.56 Å². The molecule has 0 bridgehead atoms. The fourth-order valence-corrected chi connectivity index (χ4v) is 5.06. The number of hydrogen-bond acceptors (Lipinski definition) is 8. The number of anilines is 1. The summed E-state index contributed by atoms with van der Waals surface area (Å²) in [6.07, 6.45) is 3.40. The van der Waals surface area contributed by atoms with Crippen molar-refractivity contribution in [3.63, 3.8) is 0 Å². The molecule has 0 aliphatic carbocycles. The molecule has 1 atom stereocenters. The van der Waals surface area contributed by atoms with E-state index in [9.17, 15) is 23.7 Å². The van der Waals surface area contributed by atoms with E-state index >= 15 is 0 Å². The second-order valence-electron chi connectivity index (χ2n) is 8.89. The number of amides is 1. The van der Waals surface area contributed by atoms with Crippen molar-refractivity contribution in [2.45, 2.75) is 12.5 Å². The molecular weight excluding hydrogens is 594 g/mol. The van der Waals surface area contributed by atoms with Crippen molar-refractivity contribution >= 4 is 39.3 Å². The molecule has 1 aliphatic heterocycles. The van der Waals surface area contributed by atoms with Crippen molar-refractivity contribution in [3.8, 4) is 28.7 Å². The van der Waals surface area contributed by atoms with Gasteiger partial charge in [-0.15, -0.1) is 0 Å². The molecule has 3 aromatic rings. The Morgan fingerprint density at radius 1 is 0.929 bits per heavy atom. The number of ether oxygens (including phenoxy) is 4. The summed E-state index contributed by atoms with van der Waals surface area (Å²) in [5.41, 5.74) is 2.11. The molecular formula is C26H28N2O12P2. The summed E-state index contributed by atoms with van der Waals surface area (Å²) < 4.78 is 48.9. The molecule has 0 unspecified atom stereocenters. The largest absolute Gasteiger partial charge is 0.524 e. The summed E-state index contributed by atoms with van der Waals surface area (Å²) >= 11 is 0. The highest BCUT2D eigenvalue weighted by Crippen LogP contribution is 2.42. The number of phosphoric acid groups is 1. The molecule has 0 fully saturated rings. The van der Waals surface area contributed by atoms with Crippen LogP contribution in [-0.4, -0.2) is 52.5 Å². The standard InChI is InChI=1S/C26H28N2O12P2/c1-36-22-10-7-16(3-4-18-13-23(37-2)25-24(14-18)38-15-39-25)11-20(22)27-26(29)21(28-41(30,31)32)12-17-5-8-19(9-6-17)40-42(33,34)35/h3-11,13-14,21H,12,15H2,1-2H3,(H,27,29)(H2,33,34,35)(H3,28,30,31,32)/b4-3-/t21-/m0/s1. The van der Waals surface area contributed by atoms with Gasteiger partial charge in [-0.1, -0.05) is 30.4 Å². The van der Waals surface area contributed by atoms with E-state index in [2.05, 4.69) is 9.84 Å². The zero-order valence-electron chi connectivity index (χ0n) is 22.3. The summed E-state index contributed by atoms with van der Waals surface area (Å²) in [4.78, 5) is 50.2. The lowest BCUT2D eigenvalue weighted by Gasteiger charge is -2.20. The van der Waals surface area contributed by atoms with Gasteiger partial charge in [-0.3, -0.25) is 14.6 Å². The van der Waals surface area contributed by atoms with Crippen LogP contribution in [0.25, 0.3) is 12.2 Å². The van der Waals surface area contributed by atoms with E-state index in [1.54, 1.807) is 42.5 Å². The number of methoxy groups -OCH3 is 2. The summed E-state index contributed by atoms with van der Waals surface area (Å²) in [6, 6.07) is 12.5. The van der Waals surface area contributed by atoms with Crippen LogP contribution in [0.4, 0.5) is 5.69 Å². The van der Waals surface area contributed by atoms with Gasteiger partial charge in [-0.05, 0) is 59.5 Å². The van der Waals surface area contributed by atoms with Gasteiger partial charge in [0.25, 0.3) is 0 Å². The smallest absolute Gasteiger partial charge is 0.495 e. The van der Waals surface area contributed by atoms with E-state index < -0.39 is 27.5 Å². The van der Waals surface area contributed by atoms with Gasteiger partial charge in [-0.25, -0.2) is 14.2 Å². The molecule has 1 heterocycles. The van der Waals surface area contributed by atoms with Gasteiger partial charge >= 0.3 is 15.6 Å². The number of fused-ring (bicyclic) bond motifs is 1. The second kappa shape index (κ2) is 13.0. The zero-order valence-corrected chi connectivity index (χ0v) is 24.1. The number of carbonyl (C=O) groups excluding carboxylic acids is 1. The van der Waals surface area contributed by atoms with Crippen LogP contribution in [0.2, 0.25) is 0 Å². The van der Waals surface area contributed by atoms with Crippen LogP contribution in [0.1, 0.15) is 16.7 Å². The molecule has 42 heavy (non-hydrogen) atoms. The zero-order chi connectivity index (χ0) is 30.5. The minimum atomic E-state index is -4.85. The van der Waals surface area contributed by atoms with E-state index in [1.165, 1.54) is 38.5 Å². The Hall–Kier alpha value is -3.87. The van der Waals surface area contributed by atoms with Gasteiger partial charge in [0.05, 0.1) is 19.9 Å². The topological polar surface area (TPSA) is 202 Å². The average molecular weight is 622 g/mol. The summed E-state index contributed by atoms with van der Waals surface area (Å²) in [6.45, 7) is 0.0919. The molecule has 1 amide bonds. The molecule has 0 aromatic heterocycles. The number of benzene rings is 3. The second-order valence-corrected chi connectivity index (χ2v) is 11.4. The molecule has 0 spiro atoms. The van der Waals surface area contributed by atoms with Crippen molar-refractivity contribution in [2.24, 2.45) is 0 Å². The Bertz CT molecular complexity index is 1570. The SMILES string of the molecule is COc1ccc(/C=C\c2cc(OC)c3c(c2)OCO3)cc1NC(=O)[C@H](Cc1ccc(OP(=O)(O)O)cc1)NP(=O)(O)O. The Balaban J connectivity index is 1.54. The lowest BCUT2D eigenvalue weighted by Crippen LogP contribution is -2.40. The number of hydrogen-bond donors (Lipinski definition) is 6. The van der Waals surface area contributed by atoms with Gasteiger partial charge in [0.2, 0.25) is 18.4 Å². The Labute approximate surface area is 240 Å². The van der Waals surface area contributed by atoms with E-state index in [-0.39, 0.29) is 24.7 Å². The fourth-order valence-electron chi connectivity index (χ4n) is 4.04. The molecule has 3 aromatic carbocycles. The predicted molar refractivity (Wildman–Crippen MR) is 151 cm³/mol. The van der Waals surface area contributed by atoms with Gasteiger partial charge in [0.1, 0.15) is 17.5 Å². The average Bonchev–Trinajstić information content (AvgIpc) is 3.39. The Morgan fingerprint density at radius 2 is 1.62 bits per heavy atom. The first-order valence-corrected chi connectivity index (χ1v) is 15.3. The molecule has 0 radical (unpaired) electrons. The third kappa shape index (κ3) is 8.57. The monoisotopic (exact) mass is 622 g/mol. The van der Waals surface area contributed by atoms with Crippen molar-refractivity contribution in [1.29, 1.82) is 0 Å². The molecule has 4 rings (SSSR count). The fraction of sp³-hybridized carbons (Fsp3) is 0.192. The van der Waals surface area contributed by atoms with E-state index in [4.69, 9.17) is 28.7 Å². The van der Waals surface area contributed by atoms with Crippen molar-refractivity contribution in [3.05, 3.63) is 71.3 Å². The quantitative estimate of drug-likeness (QED) is 0.127. The highest BCUT2D eigenvalue weighted by Gasteiger charge is 2.28. The first-order chi connectivity index (χ1) is 19.8. The van der Waals surface area contributed by atoms with E-state index in [1.807, 2.05) is 5.09 Å². The molecule has 1 aliphatic rings. The maximum atomic E-state index is 13.2. The van der Waals surface area contributed by atoms with Gasteiger partial charge < -0.3 is 38.6 Å². The summed E-state index contributed by atoms with van der Waals surface area (Å²) in [5, 5.41) is 4.67. The van der Waals surface area contributed by atoms with Crippen LogP contribution in [0.15, 0.2) is 54.6 Å². The van der Waals surface area contributed by atoms with E-state index in [0.29, 0.717) is 34.1 Å². The van der Waals surface area contributed by atoms with Gasteiger partial charge in [0, 0.05) is 0 Å². The molecule has 6 N–H and O–H groups in total. The van der Waals surface area contributed by atoms with Gasteiger partial charge in [-0.2, -0.15) is 0 Å². The maximum absolute atomic E-state index is 13.2. The van der Waals surface area contributed by atoms with Crippen LogP contribution in [0, 0.1) is 0 Å². The predicted octanol–water partition coefficient (Wildman–Crippen LogP) is 3.31. The first kappa shape index (κ1) is 31.1. The summed E-state index contributed by atoms with van der Waals surface area (Å²) in [7, 11) is -6.69. The normalized spacial score (nSPS) is 13.6.